The molecule has 0 saturated carbocycles. The van der Waals surface area contributed by atoms with Crippen LogP contribution < -0.4 is 0 Å². The second-order valence-electron chi connectivity index (χ2n) is 7.14. The van der Waals surface area contributed by atoms with E-state index >= 15 is 0 Å². The number of ether oxygens (including phenoxy) is 1. The normalized spacial score (nSPS) is 22.4. The van der Waals surface area contributed by atoms with E-state index < -0.39 is 5.60 Å². The fourth-order valence-electron chi connectivity index (χ4n) is 2.90. The Balaban J connectivity index is 1.71. The van der Waals surface area contributed by atoms with E-state index in [4.69, 9.17) is 4.74 Å². The van der Waals surface area contributed by atoms with Crippen LogP contribution in [0.3, 0.4) is 0 Å². The Labute approximate surface area is 127 Å². The van der Waals surface area contributed by atoms with Crippen LogP contribution in [0.1, 0.15) is 33.6 Å². The lowest BCUT2D eigenvalue weighted by Gasteiger charge is -2.35. The topological polar surface area (TPSA) is 52.9 Å². The molecular weight excluding hydrogens is 270 g/mol. The van der Waals surface area contributed by atoms with Crippen molar-refractivity contribution in [2.45, 2.75) is 39.2 Å². The number of amides is 1. The average molecular weight is 298 g/mol. The van der Waals surface area contributed by atoms with Gasteiger partial charge in [0.15, 0.2) is 0 Å². The van der Waals surface area contributed by atoms with E-state index in [-0.39, 0.29) is 6.09 Å². The Hall–Kier alpha value is -1.17. The van der Waals surface area contributed by atoms with E-state index in [0.717, 1.165) is 50.3 Å². The summed E-state index contributed by atoms with van der Waals surface area (Å²) in [4.78, 5) is 27.4. The van der Waals surface area contributed by atoms with Crippen molar-refractivity contribution in [1.29, 1.82) is 0 Å². The molecule has 2 fully saturated rings. The molecular formula is C15H28N3O3+. The van der Waals surface area contributed by atoms with Crippen molar-refractivity contribution in [3.8, 4) is 0 Å². The maximum Gasteiger partial charge on any atom is 0.410 e. The number of piperazine rings is 1. The van der Waals surface area contributed by atoms with Crippen molar-refractivity contribution in [1.82, 2.24) is 9.80 Å². The molecule has 0 bridgehead atoms. The van der Waals surface area contributed by atoms with Gasteiger partial charge in [-0.05, 0) is 39.5 Å². The van der Waals surface area contributed by atoms with Crippen molar-refractivity contribution in [2.24, 2.45) is 5.92 Å². The summed E-state index contributed by atoms with van der Waals surface area (Å²) in [5.74, 6) is 0.627. The van der Waals surface area contributed by atoms with E-state index in [9.17, 15) is 9.70 Å². The molecule has 6 heteroatoms. The highest BCUT2D eigenvalue weighted by Gasteiger charge is 2.29. The Morgan fingerprint density at radius 1 is 1.14 bits per heavy atom. The molecule has 21 heavy (non-hydrogen) atoms. The zero-order valence-corrected chi connectivity index (χ0v) is 13.5. The molecule has 0 aromatic rings. The second-order valence-corrected chi connectivity index (χ2v) is 7.14. The average Bonchev–Trinajstić information content (AvgIpc) is 2.40. The summed E-state index contributed by atoms with van der Waals surface area (Å²) >= 11 is 0. The van der Waals surface area contributed by atoms with Crippen LogP contribution >= 0.6 is 0 Å². The van der Waals surface area contributed by atoms with Crippen LogP contribution in [0.15, 0.2) is 0 Å². The standard InChI is InChI=1S/C15H28N3O3/c1-15(2,3)21-14(19)17-6-4-13(5-7-17)12-16-8-10-18(20)11-9-16/h13H,4-12H2,1-3H3/q+1. The molecule has 2 aliphatic heterocycles. The molecule has 0 aromatic heterocycles. The number of piperidine rings is 1. The van der Waals surface area contributed by atoms with Gasteiger partial charge in [-0.2, -0.15) is 0 Å². The highest BCUT2D eigenvalue weighted by Crippen LogP contribution is 2.21. The van der Waals surface area contributed by atoms with Crippen LogP contribution in [0, 0.1) is 10.8 Å². The SMILES string of the molecule is CC(C)(C)OC(=O)N1CCC(CN2CC[N+](=O)CC2)CC1. The smallest absolute Gasteiger partial charge is 0.410 e. The minimum absolute atomic E-state index is 0.194. The number of nitrogens with zero attached hydrogens (tertiary/aromatic N) is 3. The molecule has 0 unspecified atom stereocenters. The first-order valence-electron chi connectivity index (χ1n) is 7.96. The fraction of sp³-hybridized carbons (Fsp3) is 0.933. The molecule has 0 spiro atoms. The largest absolute Gasteiger partial charge is 0.444 e. The molecule has 2 rings (SSSR count). The minimum atomic E-state index is -0.425. The van der Waals surface area contributed by atoms with Gasteiger partial charge >= 0.3 is 6.09 Å². The van der Waals surface area contributed by atoms with Crippen molar-refractivity contribution in [3.63, 3.8) is 0 Å². The molecule has 0 atom stereocenters. The predicted octanol–water partition coefficient (Wildman–Crippen LogP) is 1.73. The number of likely N-dealkylation sites (tertiary alicyclic amines) is 1. The molecule has 0 aliphatic carbocycles. The second kappa shape index (κ2) is 6.73. The molecule has 2 aliphatic rings. The van der Waals surface area contributed by atoms with Gasteiger partial charge in [-0.15, -0.1) is 0 Å². The van der Waals surface area contributed by atoms with Gasteiger partial charge in [0.25, 0.3) is 0 Å². The minimum Gasteiger partial charge on any atom is -0.444 e. The third-order valence-corrected chi connectivity index (χ3v) is 4.11. The number of hydrogen-bond donors (Lipinski definition) is 0. The molecule has 0 N–H and O–H groups in total. The van der Waals surface area contributed by atoms with Gasteiger partial charge in [-0.3, -0.25) is 4.90 Å². The fourth-order valence-corrected chi connectivity index (χ4v) is 2.90. The van der Waals surface area contributed by atoms with Crippen molar-refractivity contribution < 1.29 is 14.3 Å². The molecule has 120 valence electrons. The summed E-state index contributed by atoms with van der Waals surface area (Å²) in [6, 6.07) is 0. The zero-order valence-electron chi connectivity index (χ0n) is 13.5. The van der Waals surface area contributed by atoms with E-state index in [1.165, 1.54) is 0 Å². The van der Waals surface area contributed by atoms with Crippen LogP contribution in [0.4, 0.5) is 4.79 Å². The molecule has 0 radical (unpaired) electrons. The maximum atomic E-state index is 12.0. The first kappa shape index (κ1) is 16.2. The molecule has 1 amide bonds. The van der Waals surface area contributed by atoms with Gasteiger partial charge < -0.3 is 9.64 Å². The summed E-state index contributed by atoms with van der Waals surface area (Å²) in [6.45, 7) is 11.3. The lowest BCUT2D eigenvalue weighted by atomic mass is 9.96. The summed E-state index contributed by atoms with van der Waals surface area (Å²) in [6.07, 6.45) is 1.86. The lowest BCUT2D eigenvalue weighted by Crippen LogP contribution is -2.46. The summed E-state index contributed by atoms with van der Waals surface area (Å²) < 4.78 is 6.55. The van der Waals surface area contributed by atoms with Crippen molar-refractivity contribution >= 4 is 6.09 Å². The quantitative estimate of drug-likeness (QED) is 0.729. The molecule has 0 aromatic carbocycles. The van der Waals surface area contributed by atoms with Gasteiger partial charge in [-0.25, -0.2) is 4.79 Å². The first-order valence-corrected chi connectivity index (χ1v) is 7.96. The van der Waals surface area contributed by atoms with Crippen LogP contribution in [-0.2, 0) is 4.74 Å². The number of carbonyl (C=O) groups is 1. The van der Waals surface area contributed by atoms with E-state index in [0.29, 0.717) is 19.0 Å². The van der Waals surface area contributed by atoms with Crippen LogP contribution in [0.2, 0.25) is 0 Å². The molecule has 2 heterocycles. The van der Waals surface area contributed by atoms with Crippen molar-refractivity contribution in [3.05, 3.63) is 4.91 Å². The van der Waals surface area contributed by atoms with Gasteiger partial charge in [-0.1, -0.05) is 0 Å². The lowest BCUT2D eigenvalue weighted by molar-refractivity contribution is -0.559. The molecule has 2 saturated heterocycles. The highest BCUT2D eigenvalue weighted by atomic mass is 16.6. The Bertz CT molecular complexity index is 374. The van der Waals surface area contributed by atoms with Crippen LogP contribution in [-0.4, -0.2) is 72.1 Å². The van der Waals surface area contributed by atoms with Gasteiger partial charge in [0.2, 0.25) is 13.1 Å². The number of nitroso groups, excluding NO2 is 1. The summed E-state index contributed by atoms with van der Waals surface area (Å²) in [5.41, 5.74) is -0.425. The predicted molar refractivity (Wildman–Crippen MR) is 80.3 cm³/mol. The zero-order chi connectivity index (χ0) is 15.5. The number of carbonyl (C=O) groups excluding carboxylic acids is 1. The Kier molecular flexibility index (Phi) is 5.19. The van der Waals surface area contributed by atoms with E-state index in [1.807, 2.05) is 25.7 Å². The Morgan fingerprint density at radius 3 is 2.24 bits per heavy atom. The molecule has 6 nitrogen and oxygen atoms in total. The van der Waals surface area contributed by atoms with Crippen LogP contribution in [0.5, 0.6) is 0 Å². The summed E-state index contributed by atoms with van der Waals surface area (Å²) in [5, 5.41) is 0. The summed E-state index contributed by atoms with van der Waals surface area (Å²) in [7, 11) is 0. The van der Waals surface area contributed by atoms with Crippen molar-refractivity contribution in [2.75, 3.05) is 45.8 Å². The first-order chi connectivity index (χ1) is 9.83. The van der Waals surface area contributed by atoms with E-state index in [2.05, 4.69) is 4.90 Å². The van der Waals surface area contributed by atoms with Gasteiger partial charge in [0, 0.05) is 29.3 Å². The van der Waals surface area contributed by atoms with E-state index in [1.54, 1.807) is 0 Å². The monoisotopic (exact) mass is 298 g/mol. The number of rotatable bonds is 2. The maximum absolute atomic E-state index is 12.0. The van der Waals surface area contributed by atoms with Gasteiger partial charge in [0.05, 0.1) is 13.1 Å². The number of hydrogen-bond acceptors (Lipinski definition) is 4. The highest BCUT2D eigenvalue weighted by molar-refractivity contribution is 5.68. The Morgan fingerprint density at radius 2 is 1.71 bits per heavy atom. The third-order valence-electron chi connectivity index (χ3n) is 4.11. The third kappa shape index (κ3) is 5.26. The van der Waals surface area contributed by atoms with Gasteiger partial charge in [0.1, 0.15) is 5.60 Å². The van der Waals surface area contributed by atoms with Crippen LogP contribution in [0.25, 0.3) is 0 Å².